The molecule has 0 spiro atoms. The molecular weight excluding hydrogens is 234 g/mol. The number of benzene rings is 1. The normalized spacial score (nSPS) is 15.2. The zero-order valence-electron chi connectivity index (χ0n) is 9.70. The third-order valence-corrected chi connectivity index (χ3v) is 3.01. The quantitative estimate of drug-likeness (QED) is 0.787. The van der Waals surface area contributed by atoms with Gasteiger partial charge in [-0.3, -0.25) is 0 Å². The summed E-state index contributed by atoms with van der Waals surface area (Å²) < 4.78 is 5.13. The van der Waals surface area contributed by atoms with Gasteiger partial charge in [-0.05, 0) is 36.2 Å². The van der Waals surface area contributed by atoms with Gasteiger partial charge in [0.05, 0.1) is 5.56 Å². The van der Waals surface area contributed by atoms with Crippen molar-refractivity contribution in [2.45, 2.75) is 12.8 Å². The van der Waals surface area contributed by atoms with E-state index < -0.39 is 0 Å². The van der Waals surface area contributed by atoms with E-state index in [0.717, 1.165) is 25.9 Å². The van der Waals surface area contributed by atoms with Gasteiger partial charge in [-0.2, -0.15) is 4.98 Å². The second kappa shape index (κ2) is 4.21. The molecule has 0 saturated carbocycles. The minimum Gasteiger partial charge on any atom is -0.508 e. The van der Waals surface area contributed by atoms with Crippen LogP contribution in [0.2, 0.25) is 0 Å². The minimum atomic E-state index is 0.00409. The first kappa shape index (κ1) is 10.9. The van der Waals surface area contributed by atoms with Crippen LogP contribution in [0, 0.1) is 0 Å². The molecule has 1 aromatic carbocycles. The Hall–Kier alpha value is -2.24. The first-order chi connectivity index (χ1) is 8.74. The molecule has 0 aliphatic carbocycles. The standard InChI is InChI=1S/C12H13N3O3/c16-8-3-4-10(17)9(7-8)11-13-12(14-18-11)15-5-1-2-6-15/h3-4,7,16-17H,1-2,5-6H2. The smallest absolute Gasteiger partial charge is 0.266 e. The largest absolute Gasteiger partial charge is 0.508 e. The molecule has 2 aromatic rings. The van der Waals surface area contributed by atoms with E-state index in [4.69, 9.17) is 4.52 Å². The van der Waals surface area contributed by atoms with Gasteiger partial charge < -0.3 is 19.6 Å². The van der Waals surface area contributed by atoms with E-state index in [1.165, 1.54) is 18.2 Å². The van der Waals surface area contributed by atoms with Crippen LogP contribution in [0.1, 0.15) is 12.8 Å². The maximum atomic E-state index is 9.71. The fourth-order valence-electron chi connectivity index (χ4n) is 2.07. The molecule has 0 unspecified atom stereocenters. The third-order valence-electron chi connectivity index (χ3n) is 3.01. The summed E-state index contributed by atoms with van der Waals surface area (Å²) in [5.74, 6) is 0.795. The summed E-state index contributed by atoms with van der Waals surface area (Å²) in [6.45, 7) is 1.84. The van der Waals surface area contributed by atoms with E-state index in [2.05, 4.69) is 10.1 Å². The number of hydrogen-bond donors (Lipinski definition) is 2. The summed E-state index contributed by atoms with van der Waals surface area (Å²) in [5.41, 5.74) is 0.341. The zero-order valence-corrected chi connectivity index (χ0v) is 9.70. The van der Waals surface area contributed by atoms with Gasteiger partial charge in [0, 0.05) is 13.1 Å². The predicted molar refractivity (Wildman–Crippen MR) is 64.5 cm³/mol. The first-order valence-corrected chi connectivity index (χ1v) is 5.85. The van der Waals surface area contributed by atoms with Crippen molar-refractivity contribution in [3.8, 4) is 23.0 Å². The molecule has 1 aromatic heterocycles. The monoisotopic (exact) mass is 247 g/mol. The molecule has 1 fully saturated rings. The fraction of sp³-hybridized carbons (Fsp3) is 0.333. The molecular formula is C12H13N3O3. The Labute approximate surface area is 103 Å². The number of aromatic nitrogens is 2. The van der Waals surface area contributed by atoms with E-state index in [-0.39, 0.29) is 17.4 Å². The zero-order chi connectivity index (χ0) is 12.5. The third kappa shape index (κ3) is 1.85. The Balaban J connectivity index is 1.94. The molecule has 0 radical (unpaired) electrons. The highest BCUT2D eigenvalue weighted by Gasteiger charge is 2.20. The predicted octanol–water partition coefficient (Wildman–Crippen LogP) is 1.75. The Morgan fingerprint density at radius 1 is 1.17 bits per heavy atom. The lowest BCUT2D eigenvalue weighted by Crippen LogP contribution is -2.18. The summed E-state index contributed by atoms with van der Waals surface area (Å²) in [6.07, 6.45) is 2.25. The Kier molecular flexibility index (Phi) is 2.55. The summed E-state index contributed by atoms with van der Waals surface area (Å²) >= 11 is 0. The van der Waals surface area contributed by atoms with Gasteiger partial charge in [-0.1, -0.05) is 0 Å². The van der Waals surface area contributed by atoms with Crippen LogP contribution in [0.4, 0.5) is 5.95 Å². The van der Waals surface area contributed by atoms with Gasteiger partial charge in [-0.25, -0.2) is 0 Å². The van der Waals surface area contributed by atoms with Crippen molar-refractivity contribution in [2.24, 2.45) is 0 Å². The Bertz CT molecular complexity index is 561. The van der Waals surface area contributed by atoms with Gasteiger partial charge in [0.2, 0.25) is 0 Å². The minimum absolute atomic E-state index is 0.00409. The van der Waals surface area contributed by atoms with Gasteiger partial charge in [-0.15, -0.1) is 0 Å². The first-order valence-electron chi connectivity index (χ1n) is 5.85. The molecule has 0 amide bonds. The van der Waals surface area contributed by atoms with Gasteiger partial charge in [0.25, 0.3) is 11.8 Å². The highest BCUT2D eigenvalue weighted by molar-refractivity contribution is 5.65. The van der Waals surface area contributed by atoms with E-state index in [1.54, 1.807) is 0 Å². The number of phenols is 2. The molecule has 2 N–H and O–H groups in total. The molecule has 0 bridgehead atoms. The average molecular weight is 247 g/mol. The molecule has 6 nitrogen and oxygen atoms in total. The number of phenolic OH excluding ortho intramolecular Hbond substituents is 2. The van der Waals surface area contributed by atoms with E-state index in [0.29, 0.717) is 11.5 Å². The molecule has 18 heavy (non-hydrogen) atoms. The molecule has 94 valence electrons. The maximum Gasteiger partial charge on any atom is 0.266 e. The van der Waals surface area contributed by atoms with Crippen molar-refractivity contribution >= 4 is 5.95 Å². The highest BCUT2D eigenvalue weighted by atomic mass is 16.5. The number of aromatic hydroxyl groups is 2. The van der Waals surface area contributed by atoms with Crippen molar-refractivity contribution in [2.75, 3.05) is 18.0 Å². The summed E-state index contributed by atoms with van der Waals surface area (Å²) in [4.78, 5) is 6.28. The van der Waals surface area contributed by atoms with E-state index in [9.17, 15) is 10.2 Å². The molecule has 1 aliphatic rings. The Morgan fingerprint density at radius 3 is 2.72 bits per heavy atom. The van der Waals surface area contributed by atoms with Crippen LogP contribution in [-0.4, -0.2) is 33.4 Å². The van der Waals surface area contributed by atoms with Crippen molar-refractivity contribution in [1.82, 2.24) is 10.1 Å². The van der Waals surface area contributed by atoms with Gasteiger partial charge in [0.1, 0.15) is 11.5 Å². The summed E-state index contributed by atoms with van der Waals surface area (Å²) in [5, 5.41) is 23.0. The lowest BCUT2D eigenvalue weighted by atomic mass is 10.2. The number of nitrogens with zero attached hydrogens (tertiary/aromatic N) is 3. The van der Waals surface area contributed by atoms with Gasteiger partial charge in [0.15, 0.2) is 0 Å². The van der Waals surface area contributed by atoms with E-state index in [1.807, 2.05) is 4.90 Å². The van der Waals surface area contributed by atoms with Crippen LogP contribution >= 0.6 is 0 Å². The maximum absolute atomic E-state index is 9.71. The molecule has 2 heterocycles. The molecule has 1 aliphatic heterocycles. The van der Waals surface area contributed by atoms with E-state index >= 15 is 0 Å². The lowest BCUT2D eigenvalue weighted by molar-refractivity contribution is 0.422. The fourth-order valence-corrected chi connectivity index (χ4v) is 2.07. The molecule has 3 rings (SSSR count). The topological polar surface area (TPSA) is 82.6 Å². The Morgan fingerprint density at radius 2 is 1.94 bits per heavy atom. The van der Waals surface area contributed by atoms with Crippen molar-refractivity contribution in [3.05, 3.63) is 18.2 Å². The average Bonchev–Trinajstić information content (AvgIpc) is 3.00. The summed E-state index contributed by atoms with van der Waals surface area (Å²) in [7, 11) is 0. The van der Waals surface area contributed by atoms with Crippen LogP contribution < -0.4 is 4.90 Å². The number of hydrogen-bond acceptors (Lipinski definition) is 6. The van der Waals surface area contributed by atoms with Crippen molar-refractivity contribution in [3.63, 3.8) is 0 Å². The second-order valence-electron chi connectivity index (χ2n) is 4.30. The number of rotatable bonds is 2. The molecule has 1 saturated heterocycles. The van der Waals surface area contributed by atoms with Crippen LogP contribution in [0.3, 0.4) is 0 Å². The van der Waals surface area contributed by atoms with Crippen molar-refractivity contribution < 1.29 is 14.7 Å². The van der Waals surface area contributed by atoms with Crippen LogP contribution in [0.5, 0.6) is 11.5 Å². The molecule has 0 atom stereocenters. The lowest BCUT2D eigenvalue weighted by Gasteiger charge is -2.09. The van der Waals surface area contributed by atoms with Crippen molar-refractivity contribution in [1.29, 1.82) is 0 Å². The molecule has 6 heteroatoms. The SMILES string of the molecule is Oc1ccc(O)c(-c2nc(N3CCCC3)no2)c1. The highest BCUT2D eigenvalue weighted by Crippen LogP contribution is 2.32. The van der Waals surface area contributed by atoms with Crippen LogP contribution in [0.25, 0.3) is 11.5 Å². The second-order valence-corrected chi connectivity index (χ2v) is 4.30. The van der Waals surface area contributed by atoms with Crippen LogP contribution in [0.15, 0.2) is 22.7 Å². The summed E-state index contributed by atoms with van der Waals surface area (Å²) in [6, 6.07) is 4.19. The van der Waals surface area contributed by atoms with Gasteiger partial charge >= 0.3 is 0 Å². The van der Waals surface area contributed by atoms with Crippen LogP contribution in [-0.2, 0) is 0 Å². The number of anilines is 1.